The summed E-state index contributed by atoms with van der Waals surface area (Å²) in [6.45, 7) is 12.6. The molecule has 27 saturated heterocycles. The molecule has 27 rings (SSSR count). The van der Waals surface area contributed by atoms with Gasteiger partial charge in [0.2, 0.25) is 0 Å². The molecular weight excluding hydrogens is 1220 g/mol. The Morgan fingerprint density at radius 2 is 0.200 bits per heavy atom. The number of ether oxygens (including phenoxy) is 18. The standard InChI is InChI=1S/C54H90O36/c1-10-37-19(55)28(64)46(73-10)83-38-11(2)75-48(30(66)21(38)57)85-40-13(4)77-50(32(68)23(40)59)87-42-15(6)79-52(34(70)25(42)61)89-44-17(8)81-54(36(72)27(44)63)90-45-18(9)80-53(35(71)26(45)62)88-43-16(7)78-51(33(69)24(43)60)86-41-14(5)76-49(31(67)22(41)58)84-39-12(3)74-47(82-37)29(65)20(39)56/h10-72H,1-9H3/t10?,11?,12?,13?,14?,15?,16?,17?,18?,19-,20-,21-,22-,23-,24-,25-,26-,27-,28?,29?,30?,31?,32?,33?,34?,35?,36?,37-,38-,39-,40-,41-,42-,43-,44-,45-,46-,47-,48-,49?,50+,51-,52+,53+,54-/m1/s1. The summed E-state index contributed by atoms with van der Waals surface area (Å²) in [7, 11) is 0. The number of aliphatic hydroxyl groups is 18. The molecule has 522 valence electrons. The summed E-state index contributed by atoms with van der Waals surface area (Å²) in [5.41, 5.74) is 0. The molecule has 90 heavy (non-hydrogen) atoms. The minimum Gasteiger partial charge on any atom is -0.387 e. The van der Waals surface area contributed by atoms with E-state index in [2.05, 4.69) is 0 Å². The lowest BCUT2D eigenvalue weighted by molar-refractivity contribution is -0.393. The van der Waals surface area contributed by atoms with Gasteiger partial charge < -0.3 is 177 Å². The number of rotatable bonds is 0. The Kier molecular flexibility index (Phi) is 22.6. The second kappa shape index (κ2) is 28.6. The zero-order valence-corrected chi connectivity index (χ0v) is 50.4. The first-order chi connectivity index (χ1) is 42.3. The fourth-order valence-electron chi connectivity index (χ4n) is 13.1. The first-order valence-electron chi connectivity index (χ1n) is 30.3. The van der Waals surface area contributed by atoms with Gasteiger partial charge in [-0.1, -0.05) is 0 Å². The Labute approximate surface area is 514 Å². The number of hydrogen-bond donors (Lipinski definition) is 18. The Morgan fingerprint density at radius 3 is 0.278 bits per heavy atom. The average molecular weight is 1320 g/mol. The van der Waals surface area contributed by atoms with Crippen molar-refractivity contribution in [1.82, 2.24) is 0 Å². The number of aliphatic hydroxyl groups excluding tert-OH is 18. The van der Waals surface area contributed by atoms with E-state index in [-0.39, 0.29) is 0 Å². The second-order valence-corrected chi connectivity index (χ2v) is 25.1. The minimum atomic E-state index is -1.95. The molecule has 36 nitrogen and oxygen atoms in total. The summed E-state index contributed by atoms with van der Waals surface area (Å²) in [5, 5.41) is 205. The molecule has 0 radical (unpaired) electrons. The second-order valence-electron chi connectivity index (χ2n) is 25.1. The van der Waals surface area contributed by atoms with E-state index in [0.29, 0.717) is 0 Å². The van der Waals surface area contributed by atoms with Crippen molar-refractivity contribution >= 4 is 0 Å². The molecule has 27 aliphatic rings. The Hall–Kier alpha value is -1.44. The van der Waals surface area contributed by atoms with Gasteiger partial charge in [0.1, 0.15) is 165 Å². The van der Waals surface area contributed by atoms with Gasteiger partial charge in [0.25, 0.3) is 0 Å². The van der Waals surface area contributed by atoms with Crippen LogP contribution in [-0.4, -0.2) is 368 Å². The van der Waals surface area contributed by atoms with Gasteiger partial charge in [0.15, 0.2) is 56.6 Å². The van der Waals surface area contributed by atoms with E-state index in [1.165, 1.54) is 62.3 Å². The molecule has 19 unspecified atom stereocenters. The largest absolute Gasteiger partial charge is 0.387 e. The highest BCUT2D eigenvalue weighted by Crippen LogP contribution is 2.40. The smallest absolute Gasteiger partial charge is 0.187 e. The van der Waals surface area contributed by atoms with Gasteiger partial charge >= 0.3 is 0 Å². The molecule has 0 aromatic rings. The molecule has 27 fully saturated rings. The van der Waals surface area contributed by atoms with Crippen molar-refractivity contribution in [2.45, 2.75) is 339 Å². The highest BCUT2D eigenvalue weighted by Gasteiger charge is 2.59. The van der Waals surface area contributed by atoms with Crippen molar-refractivity contribution in [2.75, 3.05) is 0 Å². The molecule has 0 aromatic carbocycles. The maximum Gasteiger partial charge on any atom is 0.187 e. The van der Waals surface area contributed by atoms with Gasteiger partial charge in [0, 0.05) is 0 Å². The Bertz CT molecular complexity index is 1820. The van der Waals surface area contributed by atoms with Crippen molar-refractivity contribution < 1.29 is 177 Å². The van der Waals surface area contributed by atoms with Crippen LogP contribution in [0.2, 0.25) is 0 Å². The molecule has 27 aliphatic heterocycles. The molecule has 0 spiro atoms. The molecular formula is C54H90O36. The van der Waals surface area contributed by atoms with Gasteiger partial charge in [-0.3, -0.25) is 0 Å². The predicted molar refractivity (Wildman–Crippen MR) is 281 cm³/mol. The summed E-state index contributed by atoms with van der Waals surface area (Å²) in [6, 6.07) is 0. The van der Waals surface area contributed by atoms with Gasteiger partial charge in [-0.2, -0.15) is 0 Å². The maximum absolute atomic E-state index is 11.4. The predicted octanol–water partition coefficient (Wildman–Crippen LogP) is -10.3. The van der Waals surface area contributed by atoms with Crippen LogP contribution in [0.4, 0.5) is 0 Å². The third kappa shape index (κ3) is 13.8. The van der Waals surface area contributed by atoms with Crippen molar-refractivity contribution in [1.29, 1.82) is 0 Å². The lowest BCUT2D eigenvalue weighted by Gasteiger charge is -2.49. The first kappa shape index (κ1) is 71.3. The Morgan fingerprint density at radius 1 is 0.122 bits per heavy atom. The molecule has 0 amide bonds. The lowest BCUT2D eigenvalue weighted by Crippen LogP contribution is -2.67. The number of hydrogen-bond acceptors (Lipinski definition) is 36. The van der Waals surface area contributed by atoms with E-state index in [9.17, 15) is 91.9 Å². The van der Waals surface area contributed by atoms with E-state index >= 15 is 0 Å². The maximum atomic E-state index is 11.4. The molecule has 0 aliphatic carbocycles. The van der Waals surface area contributed by atoms with Crippen LogP contribution in [0.25, 0.3) is 0 Å². The van der Waals surface area contributed by atoms with Crippen LogP contribution >= 0.6 is 0 Å². The summed E-state index contributed by atoms with van der Waals surface area (Å²) in [6.07, 6.45) is -74.3. The lowest BCUT2D eigenvalue weighted by atomic mass is 9.95. The zero-order valence-electron chi connectivity index (χ0n) is 50.4. The molecule has 0 saturated carbocycles. The van der Waals surface area contributed by atoms with E-state index in [1.807, 2.05) is 0 Å². The minimum absolute atomic E-state index is 1.20. The SMILES string of the molecule is CC1OC2O[C@@H]3C(C)O[C@H](O[C@@H]4C(C)O[C@H](O[C@@H]5C(C)O[C@H](O[C@@H]6C(C)O[C@@H](O[C@@H]7C(C)O[C@@H](O[C@@H]8C(C)O[C@H](O[C@@H]9C(C)O[C@@H](O[C@@H]%10C(C)O[C@H](O[C@H]1[C@H](O)C2O)C(O)[C@H]%10O)C(O)[C@H]9O)C(O)[C@H]8O)C(O)[C@H]7O)C(O)[C@H]6O)C(O)[C@H]5O)C(O)[C@H]4O)C(O)[C@H]3O. The van der Waals surface area contributed by atoms with Crippen molar-refractivity contribution in [3.63, 3.8) is 0 Å². The van der Waals surface area contributed by atoms with Gasteiger partial charge in [0.05, 0.1) is 54.9 Å². The summed E-state index contributed by atoms with van der Waals surface area (Å²) >= 11 is 0. The molecule has 45 atom stereocenters. The molecule has 36 heteroatoms. The molecule has 18 N–H and O–H groups in total. The van der Waals surface area contributed by atoms with Crippen LogP contribution in [0, 0.1) is 0 Å². The molecule has 27 heterocycles. The quantitative estimate of drug-likeness (QED) is 0.107. The van der Waals surface area contributed by atoms with Gasteiger partial charge in [-0.15, -0.1) is 0 Å². The van der Waals surface area contributed by atoms with Gasteiger partial charge in [-0.05, 0) is 62.3 Å². The van der Waals surface area contributed by atoms with E-state index in [4.69, 9.17) is 85.3 Å². The van der Waals surface area contributed by atoms with Gasteiger partial charge in [-0.25, -0.2) is 0 Å². The van der Waals surface area contributed by atoms with Crippen LogP contribution in [0.1, 0.15) is 62.3 Å². The van der Waals surface area contributed by atoms with E-state index in [0.717, 1.165) is 0 Å². The van der Waals surface area contributed by atoms with E-state index in [1.54, 1.807) is 0 Å². The van der Waals surface area contributed by atoms with Crippen LogP contribution in [0.5, 0.6) is 0 Å². The summed E-state index contributed by atoms with van der Waals surface area (Å²) in [5.74, 6) is 0. The Balaban J connectivity index is 0.846. The van der Waals surface area contributed by atoms with Crippen LogP contribution in [0.15, 0.2) is 0 Å². The third-order valence-electron chi connectivity index (χ3n) is 18.6. The first-order valence-corrected chi connectivity index (χ1v) is 30.3. The topological polar surface area (TPSA) is 530 Å². The van der Waals surface area contributed by atoms with Crippen LogP contribution in [-0.2, 0) is 85.3 Å². The zero-order chi connectivity index (χ0) is 65.7. The van der Waals surface area contributed by atoms with E-state index < -0.39 is 276 Å². The van der Waals surface area contributed by atoms with Crippen LogP contribution in [0.3, 0.4) is 0 Å². The normalized spacial score (nSPS) is 59.7. The van der Waals surface area contributed by atoms with Crippen LogP contribution < -0.4 is 0 Å². The third-order valence-corrected chi connectivity index (χ3v) is 18.6. The van der Waals surface area contributed by atoms with Crippen molar-refractivity contribution in [3.8, 4) is 0 Å². The fraction of sp³-hybridized carbons (Fsp3) is 1.00. The molecule has 0 aromatic heterocycles. The average Bonchev–Trinajstić information content (AvgIpc) is 0.801. The van der Waals surface area contributed by atoms with Crippen molar-refractivity contribution in [3.05, 3.63) is 0 Å². The summed E-state index contributed by atoms with van der Waals surface area (Å²) < 4.78 is 106. The highest BCUT2D eigenvalue weighted by molar-refractivity contribution is 5.01. The van der Waals surface area contributed by atoms with Crippen molar-refractivity contribution in [2.24, 2.45) is 0 Å². The monoisotopic (exact) mass is 1310 g/mol. The highest BCUT2D eigenvalue weighted by atomic mass is 16.8. The summed E-state index contributed by atoms with van der Waals surface area (Å²) in [4.78, 5) is 0. The molecule has 18 bridgehead atoms. The fourth-order valence-corrected chi connectivity index (χ4v) is 13.1.